The summed E-state index contributed by atoms with van der Waals surface area (Å²) in [6.45, 7) is 5.38. The Morgan fingerprint density at radius 3 is 2.89 bits per heavy atom. The number of rotatable bonds is 6. The van der Waals surface area contributed by atoms with Crippen LogP contribution in [0, 0.1) is 5.92 Å². The smallest absolute Gasteiger partial charge is 0.244 e. The topological polar surface area (TPSA) is 50.8 Å². The minimum atomic E-state index is -0.0791. The second-order valence-corrected chi connectivity index (χ2v) is 8.42. The molecular weight excluding hydrogens is 372 g/mol. The Labute approximate surface area is 170 Å². The Balaban J connectivity index is 1.36. The lowest BCUT2D eigenvalue weighted by molar-refractivity contribution is -0.116. The van der Waals surface area contributed by atoms with Gasteiger partial charge in [0.2, 0.25) is 12.7 Å². The fourth-order valence-corrected chi connectivity index (χ4v) is 4.54. The van der Waals surface area contributed by atoms with Gasteiger partial charge in [-0.15, -0.1) is 11.3 Å². The largest absolute Gasteiger partial charge is 0.454 e. The van der Waals surface area contributed by atoms with Crippen LogP contribution in [0.25, 0.3) is 6.08 Å². The molecule has 1 atom stereocenters. The van der Waals surface area contributed by atoms with E-state index in [1.165, 1.54) is 17.7 Å². The van der Waals surface area contributed by atoms with Crippen molar-refractivity contribution in [2.45, 2.75) is 25.8 Å². The molecule has 5 nitrogen and oxygen atoms in total. The van der Waals surface area contributed by atoms with Gasteiger partial charge >= 0.3 is 0 Å². The summed E-state index contributed by atoms with van der Waals surface area (Å²) in [6, 6.07) is 10.2. The van der Waals surface area contributed by atoms with E-state index in [-0.39, 0.29) is 18.7 Å². The molecule has 2 aliphatic rings. The highest BCUT2D eigenvalue weighted by atomic mass is 32.1. The fourth-order valence-electron chi connectivity index (χ4n) is 3.68. The first-order valence-electron chi connectivity index (χ1n) is 9.82. The van der Waals surface area contributed by atoms with Crippen LogP contribution in [0.1, 0.15) is 36.2 Å². The number of fused-ring (bicyclic) bond motifs is 1. The quantitative estimate of drug-likeness (QED) is 0.745. The molecule has 1 aromatic heterocycles. The first-order chi connectivity index (χ1) is 13.7. The van der Waals surface area contributed by atoms with Crippen molar-refractivity contribution < 1.29 is 14.3 Å². The standard InChI is InChI=1S/C22H26N2O3S/c1-16-8-10-24(11-9-16)18(21-3-2-12-28-21)14-23-22(25)7-5-17-4-6-19-20(13-17)27-15-26-19/h2-7,12-13,16,18H,8-11,14-15H2,1H3,(H,23,25)/b7-5+. The minimum absolute atomic E-state index is 0.0791. The second kappa shape index (κ2) is 8.80. The number of carbonyl (C=O) groups excluding carboxylic acids is 1. The molecule has 0 saturated carbocycles. The molecule has 3 heterocycles. The summed E-state index contributed by atoms with van der Waals surface area (Å²) in [7, 11) is 0. The van der Waals surface area contributed by atoms with E-state index in [1.54, 1.807) is 23.5 Å². The summed E-state index contributed by atoms with van der Waals surface area (Å²) < 4.78 is 10.7. The van der Waals surface area contributed by atoms with E-state index in [9.17, 15) is 4.79 Å². The maximum Gasteiger partial charge on any atom is 0.244 e. The van der Waals surface area contributed by atoms with E-state index < -0.39 is 0 Å². The van der Waals surface area contributed by atoms with Crippen molar-refractivity contribution in [3.8, 4) is 11.5 Å². The van der Waals surface area contributed by atoms with Gasteiger partial charge in [-0.1, -0.05) is 19.1 Å². The highest BCUT2D eigenvalue weighted by molar-refractivity contribution is 7.10. The molecule has 0 spiro atoms. The number of nitrogens with zero attached hydrogens (tertiary/aromatic N) is 1. The minimum Gasteiger partial charge on any atom is -0.454 e. The van der Waals surface area contributed by atoms with Gasteiger partial charge in [0.05, 0.1) is 6.04 Å². The van der Waals surface area contributed by atoms with Crippen molar-refractivity contribution >= 4 is 23.3 Å². The lowest BCUT2D eigenvalue weighted by atomic mass is 9.97. The summed E-state index contributed by atoms with van der Waals surface area (Å²) in [5.74, 6) is 2.18. The van der Waals surface area contributed by atoms with Crippen LogP contribution < -0.4 is 14.8 Å². The first kappa shape index (κ1) is 19.0. The number of hydrogen-bond acceptors (Lipinski definition) is 5. The van der Waals surface area contributed by atoms with Crippen molar-refractivity contribution in [2.75, 3.05) is 26.4 Å². The summed E-state index contributed by atoms with van der Waals surface area (Å²) in [5.41, 5.74) is 0.916. The number of amides is 1. The van der Waals surface area contributed by atoms with Crippen LogP contribution in [0.2, 0.25) is 0 Å². The molecule has 0 radical (unpaired) electrons. The number of benzene rings is 1. The van der Waals surface area contributed by atoms with Crippen molar-refractivity contribution in [3.63, 3.8) is 0 Å². The van der Waals surface area contributed by atoms with Gasteiger partial charge < -0.3 is 14.8 Å². The van der Waals surface area contributed by atoms with Gasteiger partial charge in [0.25, 0.3) is 0 Å². The molecule has 1 saturated heterocycles. The van der Waals surface area contributed by atoms with E-state index in [0.717, 1.165) is 36.1 Å². The van der Waals surface area contributed by atoms with Crippen LogP contribution in [-0.2, 0) is 4.79 Å². The van der Waals surface area contributed by atoms with Crippen molar-refractivity contribution in [1.29, 1.82) is 0 Å². The first-order valence-corrected chi connectivity index (χ1v) is 10.7. The third-order valence-corrected chi connectivity index (χ3v) is 6.40. The molecule has 0 aliphatic carbocycles. The summed E-state index contributed by atoms with van der Waals surface area (Å²) in [5, 5.41) is 5.19. The Hall–Kier alpha value is -2.31. The van der Waals surface area contributed by atoms with Crippen LogP contribution in [-0.4, -0.2) is 37.2 Å². The van der Waals surface area contributed by atoms with Gasteiger partial charge in [-0.3, -0.25) is 9.69 Å². The molecule has 6 heteroatoms. The maximum absolute atomic E-state index is 12.4. The number of hydrogen-bond donors (Lipinski definition) is 1. The predicted molar refractivity (Wildman–Crippen MR) is 112 cm³/mol. The molecule has 28 heavy (non-hydrogen) atoms. The normalized spacial score (nSPS) is 18.5. The third-order valence-electron chi connectivity index (χ3n) is 5.42. The van der Waals surface area contributed by atoms with Crippen molar-refractivity contribution in [3.05, 3.63) is 52.2 Å². The second-order valence-electron chi connectivity index (χ2n) is 7.44. The van der Waals surface area contributed by atoms with E-state index in [0.29, 0.717) is 6.54 Å². The van der Waals surface area contributed by atoms with Gasteiger partial charge in [0, 0.05) is 17.5 Å². The van der Waals surface area contributed by atoms with E-state index in [4.69, 9.17) is 9.47 Å². The van der Waals surface area contributed by atoms with Gasteiger partial charge in [0.15, 0.2) is 11.5 Å². The Kier molecular flexibility index (Phi) is 5.98. The number of nitrogens with one attached hydrogen (secondary N) is 1. The number of carbonyl (C=O) groups is 1. The summed E-state index contributed by atoms with van der Waals surface area (Å²) in [4.78, 5) is 16.2. The summed E-state index contributed by atoms with van der Waals surface area (Å²) >= 11 is 1.76. The van der Waals surface area contributed by atoms with Gasteiger partial charge in [-0.25, -0.2) is 0 Å². The predicted octanol–water partition coefficient (Wildman–Crippen LogP) is 4.08. The zero-order valence-electron chi connectivity index (χ0n) is 16.1. The monoisotopic (exact) mass is 398 g/mol. The third kappa shape index (κ3) is 4.56. The van der Waals surface area contributed by atoms with Crippen molar-refractivity contribution in [1.82, 2.24) is 10.2 Å². The van der Waals surface area contributed by atoms with Crippen LogP contribution in [0.5, 0.6) is 11.5 Å². The highest BCUT2D eigenvalue weighted by Gasteiger charge is 2.25. The Morgan fingerprint density at radius 1 is 1.29 bits per heavy atom. The highest BCUT2D eigenvalue weighted by Crippen LogP contribution is 2.33. The molecule has 2 aromatic rings. The molecule has 1 N–H and O–H groups in total. The average molecular weight is 399 g/mol. The van der Waals surface area contributed by atoms with Crippen LogP contribution in [0.4, 0.5) is 0 Å². The zero-order chi connectivity index (χ0) is 19.3. The molecule has 2 aliphatic heterocycles. The van der Waals surface area contributed by atoms with E-state index in [2.05, 4.69) is 34.7 Å². The summed E-state index contributed by atoms with van der Waals surface area (Å²) in [6.07, 6.45) is 5.83. The number of ether oxygens (including phenoxy) is 2. The molecular formula is C22H26N2O3S. The molecule has 148 valence electrons. The van der Waals surface area contributed by atoms with Gasteiger partial charge in [-0.2, -0.15) is 0 Å². The molecule has 1 fully saturated rings. The van der Waals surface area contributed by atoms with Crippen LogP contribution in [0.15, 0.2) is 41.8 Å². The molecule has 1 aromatic carbocycles. The number of piperidine rings is 1. The molecule has 4 rings (SSSR count). The SMILES string of the molecule is CC1CCN(C(CNC(=O)/C=C/c2ccc3c(c2)OCO3)c2cccs2)CC1. The molecule has 1 unspecified atom stereocenters. The molecule has 1 amide bonds. The Morgan fingerprint density at radius 2 is 2.11 bits per heavy atom. The number of likely N-dealkylation sites (tertiary alicyclic amines) is 1. The van der Waals surface area contributed by atoms with Crippen LogP contribution >= 0.6 is 11.3 Å². The van der Waals surface area contributed by atoms with E-state index in [1.807, 2.05) is 18.2 Å². The van der Waals surface area contributed by atoms with Gasteiger partial charge in [0.1, 0.15) is 0 Å². The average Bonchev–Trinajstić information content (AvgIpc) is 3.39. The van der Waals surface area contributed by atoms with E-state index >= 15 is 0 Å². The number of thiophene rings is 1. The Bertz CT molecular complexity index is 826. The van der Waals surface area contributed by atoms with Crippen LogP contribution in [0.3, 0.4) is 0 Å². The van der Waals surface area contributed by atoms with Gasteiger partial charge in [-0.05, 0) is 67.1 Å². The lowest BCUT2D eigenvalue weighted by Gasteiger charge is -2.36. The van der Waals surface area contributed by atoms with Crippen molar-refractivity contribution in [2.24, 2.45) is 5.92 Å². The zero-order valence-corrected chi connectivity index (χ0v) is 16.9. The lowest BCUT2D eigenvalue weighted by Crippen LogP contribution is -2.41. The molecule has 0 bridgehead atoms. The fraction of sp³-hybridized carbons (Fsp3) is 0.409. The maximum atomic E-state index is 12.4.